The average Bonchev–Trinajstić information content (AvgIpc) is 3.69. The van der Waals surface area contributed by atoms with Gasteiger partial charge in [0.15, 0.2) is 11.5 Å². The molecule has 1 aliphatic rings. The molecule has 12 heteroatoms. The number of hydrogen-bond donors (Lipinski definition) is 0. The van der Waals surface area contributed by atoms with Crippen molar-refractivity contribution >= 4 is 47.4 Å². The number of unbranched alkanes of at least 4 members (excludes halogenated alkanes) is 2. The molecule has 1 aliphatic heterocycles. The lowest BCUT2D eigenvalue weighted by Gasteiger charge is -2.16. The van der Waals surface area contributed by atoms with E-state index < -0.39 is 0 Å². The van der Waals surface area contributed by atoms with E-state index in [1.807, 2.05) is 23.9 Å². The highest BCUT2D eigenvalue weighted by molar-refractivity contribution is 8.01. The summed E-state index contributed by atoms with van der Waals surface area (Å²) in [5.74, 6) is 3.36. The minimum absolute atomic E-state index is 0.280. The van der Waals surface area contributed by atoms with Crippen LogP contribution in [0, 0.1) is 0 Å². The number of fused-ring (bicyclic) bond motifs is 1. The number of thioether (sulfide) groups is 1. The van der Waals surface area contributed by atoms with Crippen molar-refractivity contribution in [1.82, 2.24) is 15.0 Å². The number of thiophene rings is 2. The number of rotatable bonds is 13. The molecule has 224 valence electrons. The van der Waals surface area contributed by atoms with Crippen molar-refractivity contribution in [3.05, 3.63) is 60.9 Å². The van der Waals surface area contributed by atoms with Crippen LogP contribution in [0.2, 0.25) is 0 Å². The number of pyridine rings is 3. The van der Waals surface area contributed by atoms with Gasteiger partial charge < -0.3 is 18.9 Å². The number of nitrogens with zero attached hydrogens (tertiary/aromatic N) is 3. The van der Waals surface area contributed by atoms with E-state index in [-0.39, 0.29) is 5.75 Å². The second kappa shape index (κ2) is 14.0. The smallest absolute Gasteiger partial charge is 0.298 e. The zero-order valence-electron chi connectivity index (χ0n) is 23.7. The first kappa shape index (κ1) is 29.8. The second-order valence-electron chi connectivity index (χ2n) is 9.60. The summed E-state index contributed by atoms with van der Waals surface area (Å²) in [5, 5.41) is 0. The molecule has 0 saturated carbocycles. The van der Waals surface area contributed by atoms with E-state index >= 15 is 0 Å². The Hall–Kier alpha value is -4.26. The minimum Gasteiger partial charge on any atom is -0.485 e. The third-order valence-electron chi connectivity index (χ3n) is 6.65. The predicted molar refractivity (Wildman–Crippen MR) is 172 cm³/mol. The van der Waals surface area contributed by atoms with Crippen molar-refractivity contribution in [2.24, 2.45) is 0 Å². The first-order valence-corrected chi connectivity index (χ1v) is 16.6. The van der Waals surface area contributed by atoms with Crippen LogP contribution in [0.4, 0.5) is 0 Å². The highest BCUT2D eigenvalue weighted by Crippen LogP contribution is 2.55. The monoisotopic (exact) mass is 645 g/mol. The minimum atomic E-state index is 0.280. The van der Waals surface area contributed by atoms with Crippen LogP contribution in [0.25, 0.3) is 43.0 Å². The van der Waals surface area contributed by atoms with Crippen molar-refractivity contribution in [2.45, 2.75) is 30.4 Å². The van der Waals surface area contributed by atoms with Crippen molar-refractivity contribution < 1.29 is 28.5 Å². The maximum atomic E-state index is 11.2. The topological polar surface area (TPSA) is 110 Å². The van der Waals surface area contributed by atoms with Gasteiger partial charge in [0.2, 0.25) is 0 Å². The average molecular weight is 646 g/mol. The first-order chi connectivity index (χ1) is 21.7. The molecule has 0 aromatic carbocycles. The van der Waals surface area contributed by atoms with Gasteiger partial charge in [-0.05, 0) is 48.1 Å². The van der Waals surface area contributed by atoms with Crippen molar-refractivity contribution in [1.29, 1.82) is 0 Å². The Balaban J connectivity index is 1.31. The molecule has 5 aromatic rings. The highest BCUT2D eigenvalue weighted by atomic mass is 32.2. The molecule has 0 amide bonds. The second-order valence-corrected chi connectivity index (χ2v) is 13.1. The van der Waals surface area contributed by atoms with Gasteiger partial charge in [0.25, 0.3) is 12.9 Å². The summed E-state index contributed by atoms with van der Waals surface area (Å²) in [7, 11) is 0. The summed E-state index contributed by atoms with van der Waals surface area (Å²) in [6.45, 7) is 4.01. The van der Waals surface area contributed by atoms with Crippen molar-refractivity contribution in [2.75, 3.05) is 19.0 Å². The van der Waals surface area contributed by atoms with Crippen LogP contribution in [0.15, 0.2) is 65.1 Å². The maximum absolute atomic E-state index is 11.2. The molecule has 6 heterocycles. The SMILES string of the molecule is CCCCCSc1sc(-c2ccc(-c3ccnc(-c4cc(OC=O)cc(-c5cc(OC=O)ccn5)n4)c3)s2)c2c1OCCO2. The van der Waals surface area contributed by atoms with E-state index in [4.69, 9.17) is 23.9 Å². The number of carbonyl (C=O) groups is 2. The van der Waals surface area contributed by atoms with E-state index in [9.17, 15) is 9.59 Å². The summed E-state index contributed by atoms with van der Waals surface area (Å²) in [4.78, 5) is 38.9. The van der Waals surface area contributed by atoms with E-state index in [0.29, 0.717) is 54.7 Å². The molecule has 0 saturated heterocycles. The number of aromatic nitrogens is 3. The van der Waals surface area contributed by atoms with Crippen molar-refractivity contribution in [3.8, 4) is 66.0 Å². The molecular formula is C32H27N3O6S3. The molecule has 0 atom stereocenters. The molecule has 0 N–H and O–H groups in total. The molecule has 6 rings (SSSR count). The Bertz CT molecular complexity index is 1790. The summed E-state index contributed by atoms with van der Waals surface area (Å²) >= 11 is 5.25. The Morgan fingerprint density at radius 2 is 1.48 bits per heavy atom. The zero-order chi connectivity index (χ0) is 30.3. The van der Waals surface area contributed by atoms with Gasteiger partial charge in [-0.1, -0.05) is 19.8 Å². The fourth-order valence-corrected chi connectivity index (χ4v) is 8.19. The first-order valence-electron chi connectivity index (χ1n) is 14.0. The van der Waals surface area contributed by atoms with Gasteiger partial charge in [-0.2, -0.15) is 0 Å². The number of ether oxygens (including phenoxy) is 4. The fraction of sp³-hybridized carbons (Fsp3) is 0.219. The lowest BCUT2D eigenvalue weighted by atomic mass is 10.1. The summed E-state index contributed by atoms with van der Waals surface area (Å²) in [5.41, 5.74) is 2.91. The van der Waals surface area contributed by atoms with Crippen LogP contribution in [0.3, 0.4) is 0 Å². The van der Waals surface area contributed by atoms with Gasteiger partial charge in [0, 0.05) is 40.3 Å². The Kier molecular flexibility index (Phi) is 9.49. The molecule has 0 bridgehead atoms. The standard InChI is InChI=1S/C32H27N3O6S3/c1-2-3-4-13-42-32-30-29(38-11-12-39-30)31(44-32)28-6-5-27(43-28)20-7-9-33-23(14-20)25-16-22(41-19-37)17-26(35-25)24-15-21(40-18-36)8-10-34-24/h5-10,14-19H,2-4,11-13H2,1H3. The van der Waals surface area contributed by atoms with Crippen LogP contribution < -0.4 is 18.9 Å². The summed E-state index contributed by atoms with van der Waals surface area (Å²) in [6.07, 6.45) is 6.82. The molecule has 44 heavy (non-hydrogen) atoms. The zero-order valence-corrected chi connectivity index (χ0v) is 26.1. The number of hydrogen-bond acceptors (Lipinski definition) is 12. The van der Waals surface area contributed by atoms with Crippen molar-refractivity contribution in [3.63, 3.8) is 0 Å². The summed E-state index contributed by atoms with van der Waals surface area (Å²) in [6, 6.07) is 14.5. The Morgan fingerprint density at radius 3 is 2.25 bits per heavy atom. The van der Waals surface area contributed by atoms with E-state index in [0.717, 1.165) is 37.4 Å². The molecule has 0 radical (unpaired) electrons. The molecule has 0 aliphatic carbocycles. The third-order valence-corrected chi connectivity index (χ3v) is 10.5. The Morgan fingerprint density at radius 1 is 0.795 bits per heavy atom. The molecule has 5 aromatic heterocycles. The third kappa shape index (κ3) is 6.62. The van der Waals surface area contributed by atoms with Gasteiger partial charge in [-0.3, -0.25) is 19.6 Å². The van der Waals surface area contributed by atoms with Gasteiger partial charge in [-0.15, -0.1) is 34.4 Å². The van der Waals surface area contributed by atoms with Gasteiger partial charge >= 0.3 is 0 Å². The molecule has 0 spiro atoms. The van der Waals surface area contributed by atoms with Crippen LogP contribution in [0.5, 0.6) is 23.0 Å². The molecule has 0 fully saturated rings. The highest BCUT2D eigenvalue weighted by Gasteiger charge is 2.26. The number of carbonyl (C=O) groups excluding carboxylic acids is 2. The normalized spacial score (nSPS) is 12.1. The molecular weight excluding hydrogens is 619 g/mol. The van der Waals surface area contributed by atoms with Crippen LogP contribution in [0.1, 0.15) is 26.2 Å². The van der Waals surface area contributed by atoms with E-state index in [1.54, 1.807) is 53.1 Å². The predicted octanol–water partition coefficient (Wildman–Crippen LogP) is 7.79. The van der Waals surface area contributed by atoms with Crippen LogP contribution in [-0.2, 0) is 9.59 Å². The van der Waals surface area contributed by atoms with Gasteiger partial charge in [0.05, 0.1) is 27.7 Å². The molecule has 0 unspecified atom stereocenters. The largest absolute Gasteiger partial charge is 0.485 e. The quantitative estimate of drug-likeness (QED) is 0.0715. The van der Waals surface area contributed by atoms with E-state index in [2.05, 4.69) is 29.0 Å². The molecule has 9 nitrogen and oxygen atoms in total. The summed E-state index contributed by atoms with van der Waals surface area (Å²) < 4.78 is 23.5. The van der Waals surface area contributed by atoms with Crippen LogP contribution >= 0.6 is 34.4 Å². The fourth-order valence-electron chi connectivity index (χ4n) is 4.61. The van der Waals surface area contributed by atoms with Gasteiger partial charge in [-0.25, -0.2) is 4.98 Å². The lowest BCUT2D eigenvalue weighted by molar-refractivity contribution is -0.121. The Labute approximate surface area is 266 Å². The van der Waals surface area contributed by atoms with Crippen LogP contribution in [-0.4, -0.2) is 46.9 Å². The lowest BCUT2D eigenvalue weighted by Crippen LogP contribution is -2.14. The van der Waals surface area contributed by atoms with E-state index in [1.165, 1.54) is 29.7 Å². The van der Waals surface area contributed by atoms with Gasteiger partial charge in [0.1, 0.15) is 28.9 Å². The maximum Gasteiger partial charge on any atom is 0.298 e.